The van der Waals surface area contributed by atoms with Gasteiger partial charge in [0.05, 0.1) is 50.0 Å². The van der Waals surface area contributed by atoms with Crippen molar-refractivity contribution in [3.8, 4) is 45.5 Å². The predicted octanol–water partition coefficient (Wildman–Crippen LogP) is 4.75. The van der Waals surface area contributed by atoms with Crippen LogP contribution in [0, 0.1) is 0 Å². The summed E-state index contributed by atoms with van der Waals surface area (Å²) >= 11 is 0. The van der Waals surface area contributed by atoms with E-state index in [-0.39, 0.29) is 5.82 Å². The molecule has 2 N–H and O–H groups in total. The number of benzene rings is 2. The zero-order valence-corrected chi connectivity index (χ0v) is 24.3. The van der Waals surface area contributed by atoms with Crippen molar-refractivity contribution < 1.29 is 23.7 Å². The number of nitrogens with zero attached hydrogens (tertiary/aromatic N) is 5. The van der Waals surface area contributed by atoms with Crippen LogP contribution in [0.3, 0.4) is 0 Å². The first-order valence-electron chi connectivity index (χ1n) is 14.4. The molecule has 1 aliphatic heterocycles. The Balaban J connectivity index is 1.20. The molecule has 0 bridgehead atoms. The summed E-state index contributed by atoms with van der Waals surface area (Å²) in [5.74, 6) is 1.60. The molecule has 5 aromatic rings. The van der Waals surface area contributed by atoms with E-state index in [1.165, 1.54) is 0 Å². The van der Waals surface area contributed by atoms with Gasteiger partial charge in [-0.2, -0.15) is 0 Å². The van der Waals surface area contributed by atoms with Crippen molar-refractivity contribution in [3.63, 3.8) is 0 Å². The molecule has 0 aliphatic carbocycles. The van der Waals surface area contributed by atoms with Gasteiger partial charge in [-0.15, -0.1) is 0 Å². The van der Waals surface area contributed by atoms with Gasteiger partial charge in [0.25, 0.3) is 5.91 Å². The Morgan fingerprint density at radius 1 is 0.955 bits per heavy atom. The first kappa shape index (κ1) is 29.0. The van der Waals surface area contributed by atoms with Gasteiger partial charge in [0, 0.05) is 54.6 Å². The summed E-state index contributed by atoms with van der Waals surface area (Å²) in [6.07, 6.45) is 5.78. The number of amides is 1. The molecule has 11 nitrogen and oxygen atoms in total. The second kappa shape index (κ2) is 13.4. The van der Waals surface area contributed by atoms with Crippen molar-refractivity contribution in [1.82, 2.24) is 24.8 Å². The van der Waals surface area contributed by atoms with E-state index in [1.54, 1.807) is 31.8 Å². The van der Waals surface area contributed by atoms with Gasteiger partial charge in [-0.1, -0.05) is 30.3 Å². The minimum Gasteiger partial charge on any atom is -0.493 e. The summed E-state index contributed by atoms with van der Waals surface area (Å²) in [6, 6.07) is 18.7. The molecule has 224 valence electrons. The molecule has 0 saturated carbocycles. The Labute approximate surface area is 254 Å². The van der Waals surface area contributed by atoms with E-state index < -0.39 is 5.91 Å². The van der Waals surface area contributed by atoms with Gasteiger partial charge in [-0.3, -0.25) is 19.7 Å². The van der Waals surface area contributed by atoms with Gasteiger partial charge in [0.2, 0.25) is 5.82 Å². The molecule has 0 unspecified atom stereocenters. The minimum atomic E-state index is -0.700. The summed E-state index contributed by atoms with van der Waals surface area (Å²) in [5, 5.41) is 0.774. The van der Waals surface area contributed by atoms with E-state index >= 15 is 0 Å². The van der Waals surface area contributed by atoms with Crippen LogP contribution in [0.1, 0.15) is 17.0 Å². The predicted molar refractivity (Wildman–Crippen MR) is 165 cm³/mol. The van der Waals surface area contributed by atoms with E-state index in [2.05, 4.69) is 24.8 Å². The van der Waals surface area contributed by atoms with Crippen LogP contribution in [0.4, 0.5) is 0 Å². The average Bonchev–Trinajstić information content (AvgIpc) is 3.07. The summed E-state index contributed by atoms with van der Waals surface area (Å²) in [7, 11) is 1.62. The number of carbonyl (C=O) groups excluding carboxylic acids is 1. The van der Waals surface area contributed by atoms with Crippen LogP contribution in [0.15, 0.2) is 79.3 Å². The van der Waals surface area contributed by atoms with Crippen molar-refractivity contribution in [2.75, 3.05) is 46.6 Å². The van der Waals surface area contributed by atoms with Crippen LogP contribution in [0.25, 0.3) is 33.4 Å². The van der Waals surface area contributed by atoms with Crippen LogP contribution in [0.2, 0.25) is 0 Å². The molecule has 0 radical (unpaired) electrons. The number of rotatable bonds is 11. The number of hydrogen-bond acceptors (Lipinski definition) is 10. The fourth-order valence-corrected chi connectivity index (χ4v) is 5.02. The Bertz CT molecular complexity index is 1740. The Morgan fingerprint density at radius 3 is 2.55 bits per heavy atom. The standard InChI is InChI=1S/C33H32N6O5/c1-41-29-18-24-27(19-30(29)43-15-5-12-39-13-16-42-17-14-39)35-11-10-28(24)44-23-8-9-26(36-20-23)25-21-37-33(32(34)40)38-31(25)22-6-3-2-4-7-22/h2-4,6-11,18-21H,5,12-17H2,1H3,(H2,34,40). The SMILES string of the molecule is COc1cc2c(Oc3ccc(-c4cnc(C(N)=O)nc4-c4ccccc4)nc3)ccnc2cc1OCCCN1CCOCC1. The zero-order valence-electron chi connectivity index (χ0n) is 24.3. The van der Waals surface area contributed by atoms with Gasteiger partial charge in [-0.25, -0.2) is 9.97 Å². The second-order valence-corrected chi connectivity index (χ2v) is 10.2. The average molecular weight is 593 g/mol. The molecule has 0 spiro atoms. The Morgan fingerprint density at radius 2 is 1.80 bits per heavy atom. The Hall–Kier alpha value is -5.13. The minimum absolute atomic E-state index is 0.0610. The maximum absolute atomic E-state index is 11.8. The second-order valence-electron chi connectivity index (χ2n) is 10.2. The molecule has 1 fully saturated rings. The summed E-state index contributed by atoms with van der Waals surface area (Å²) < 4.78 is 23.4. The number of fused-ring (bicyclic) bond motifs is 1. The highest BCUT2D eigenvalue weighted by Gasteiger charge is 2.17. The Kier molecular flexibility index (Phi) is 8.85. The molecule has 11 heteroatoms. The number of pyridine rings is 2. The molecule has 3 aromatic heterocycles. The first-order chi connectivity index (χ1) is 21.6. The highest BCUT2D eigenvalue weighted by atomic mass is 16.5. The lowest BCUT2D eigenvalue weighted by Gasteiger charge is -2.26. The summed E-state index contributed by atoms with van der Waals surface area (Å²) in [4.78, 5) is 31.8. The lowest BCUT2D eigenvalue weighted by Crippen LogP contribution is -2.37. The maximum Gasteiger partial charge on any atom is 0.286 e. The molecule has 1 aliphatic rings. The molecule has 44 heavy (non-hydrogen) atoms. The molecule has 6 rings (SSSR count). The van der Waals surface area contributed by atoms with Crippen LogP contribution in [0.5, 0.6) is 23.0 Å². The van der Waals surface area contributed by atoms with Crippen molar-refractivity contribution in [2.45, 2.75) is 6.42 Å². The van der Waals surface area contributed by atoms with Crippen molar-refractivity contribution in [1.29, 1.82) is 0 Å². The first-order valence-corrected chi connectivity index (χ1v) is 14.4. The molecular formula is C33H32N6O5. The molecular weight excluding hydrogens is 560 g/mol. The van der Waals surface area contributed by atoms with Crippen LogP contribution >= 0.6 is 0 Å². The van der Waals surface area contributed by atoms with Crippen LogP contribution < -0.4 is 19.9 Å². The number of hydrogen-bond donors (Lipinski definition) is 1. The van der Waals surface area contributed by atoms with Gasteiger partial charge in [0.1, 0.15) is 11.5 Å². The van der Waals surface area contributed by atoms with E-state index in [0.717, 1.165) is 55.7 Å². The molecule has 4 heterocycles. The number of methoxy groups -OCH3 is 1. The number of morpholine rings is 1. The fraction of sp³-hybridized carbons (Fsp3) is 0.242. The third kappa shape index (κ3) is 6.59. The fourth-order valence-electron chi connectivity index (χ4n) is 5.02. The maximum atomic E-state index is 11.8. The van der Waals surface area contributed by atoms with Gasteiger partial charge in [-0.05, 0) is 30.7 Å². The van der Waals surface area contributed by atoms with Gasteiger partial charge >= 0.3 is 0 Å². The zero-order chi connectivity index (χ0) is 30.3. The van der Waals surface area contributed by atoms with E-state index in [9.17, 15) is 4.79 Å². The van der Waals surface area contributed by atoms with Crippen LogP contribution in [-0.2, 0) is 4.74 Å². The lowest BCUT2D eigenvalue weighted by atomic mass is 10.0. The third-order valence-corrected chi connectivity index (χ3v) is 7.26. The summed E-state index contributed by atoms with van der Waals surface area (Å²) in [6.45, 7) is 5.00. The number of aromatic nitrogens is 4. The van der Waals surface area contributed by atoms with Gasteiger partial charge in [0.15, 0.2) is 11.5 Å². The van der Waals surface area contributed by atoms with Crippen molar-refractivity contribution in [3.05, 3.63) is 85.1 Å². The highest BCUT2D eigenvalue weighted by Crippen LogP contribution is 2.37. The highest BCUT2D eigenvalue weighted by molar-refractivity contribution is 5.91. The molecule has 1 saturated heterocycles. The van der Waals surface area contributed by atoms with Crippen molar-refractivity contribution >= 4 is 16.8 Å². The number of ether oxygens (including phenoxy) is 4. The quantitative estimate of drug-likeness (QED) is 0.214. The number of nitrogens with two attached hydrogens (primary N) is 1. The monoisotopic (exact) mass is 592 g/mol. The number of primary amides is 1. The largest absolute Gasteiger partial charge is 0.493 e. The van der Waals surface area contributed by atoms with E-state index in [4.69, 9.17) is 24.7 Å². The molecule has 0 atom stereocenters. The number of carbonyl (C=O) groups is 1. The van der Waals surface area contributed by atoms with E-state index in [0.29, 0.717) is 46.6 Å². The van der Waals surface area contributed by atoms with Crippen molar-refractivity contribution in [2.24, 2.45) is 5.73 Å². The smallest absolute Gasteiger partial charge is 0.286 e. The third-order valence-electron chi connectivity index (χ3n) is 7.26. The lowest BCUT2D eigenvalue weighted by molar-refractivity contribution is 0.0357. The van der Waals surface area contributed by atoms with Crippen LogP contribution in [-0.4, -0.2) is 77.3 Å². The molecule has 2 aromatic carbocycles. The van der Waals surface area contributed by atoms with E-state index in [1.807, 2.05) is 54.6 Å². The summed E-state index contributed by atoms with van der Waals surface area (Å²) in [5.41, 5.74) is 8.80. The van der Waals surface area contributed by atoms with Gasteiger partial charge < -0.3 is 24.7 Å². The molecule has 1 amide bonds. The topological polar surface area (TPSA) is 135 Å². The normalized spacial score (nSPS) is 13.5.